The molecule has 0 atom stereocenters. The Morgan fingerprint density at radius 2 is 2.20 bits per heavy atom. The van der Waals surface area contributed by atoms with E-state index in [-0.39, 0.29) is 5.11 Å². The molecule has 0 aliphatic carbocycles. The molecule has 0 heterocycles. The lowest BCUT2D eigenvalue weighted by atomic mass is 10.3. The molecule has 2 N–H and O–H groups in total. The molecule has 0 spiro atoms. The molecule has 2 nitrogen and oxygen atoms in total. The molecule has 1 rings (SSSR count). The van der Waals surface area contributed by atoms with Crippen molar-refractivity contribution in [3.05, 3.63) is 40.9 Å². The lowest BCUT2D eigenvalue weighted by molar-refractivity contribution is 1.13. The second-order valence-electron chi connectivity index (χ2n) is 2.92. The van der Waals surface area contributed by atoms with Crippen molar-refractivity contribution in [3.8, 4) is 0 Å². The molecular formula is C10H10Cl2N2S. The van der Waals surface area contributed by atoms with Crippen LogP contribution in [0.15, 0.2) is 35.9 Å². The summed E-state index contributed by atoms with van der Waals surface area (Å²) in [6.07, 6.45) is 0. The van der Waals surface area contributed by atoms with Crippen LogP contribution in [0.4, 0.5) is 5.69 Å². The largest absolute Gasteiger partial charge is 0.376 e. The summed E-state index contributed by atoms with van der Waals surface area (Å²) in [6.45, 7) is 3.97. The van der Waals surface area contributed by atoms with Gasteiger partial charge in [-0.2, -0.15) is 0 Å². The first-order valence-corrected chi connectivity index (χ1v) is 5.33. The van der Waals surface area contributed by atoms with Crippen LogP contribution in [0.2, 0.25) is 5.02 Å². The number of thiocarbonyl (C=S) groups is 1. The molecule has 0 unspecified atom stereocenters. The number of nitrogens with zero attached hydrogens (tertiary/aromatic N) is 1. The highest BCUT2D eigenvalue weighted by molar-refractivity contribution is 7.80. The third-order valence-corrected chi connectivity index (χ3v) is 2.29. The van der Waals surface area contributed by atoms with E-state index in [0.717, 1.165) is 5.69 Å². The van der Waals surface area contributed by atoms with E-state index in [1.807, 2.05) is 12.1 Å². The normalized spacial score (nSPS) is 9.73. The van der Waals surface area contributed by atoms with E-state index in [2.05, 4.69) is 6.58 Å². The summed E-state index contributed by atoms with van der Waals surface area (Å²) in [5.41, 5.74) is 6.38. The Bertz CT molecular complexity index is 393. The molecule has 15 heavy (non-hydrogen) atoms. The lowest BCUT2D eigenvalue weighted by Gasteiger charge is -2.22. The fourth-order valence-electron chi connectivity index (χ4n) is 1.11. The van der Waals surface area contributed by atoms with E-state index < -0.39 is 0 Å². The van der Waals surface area contributed by atoms with E-state index in [1.165, 1.54) is 0 Å². The topological polar surface area (TPSA) is 29.3 Å². The molecule has 0 radical (unpaired) electrons. The molecule has 0 bridgehead atoms. The highest BCUT2D eigenvalue weighted by Crippen LogP contribution is 2.20. The minimum atomic E-state index is 0.235. The third kappa shape index (κ3) is 3.70. The van der Waals surface area contributed by atoms with Crippen LogP contribution < -0.4 is 10.6 Å². The Kier molecular flexibility index (Phi) is 4.39. The van der Waals surface area contributed by atoms with Crippen molar-refractivity contribution in [1.82, 2.24) is 0 Å². The summed E-state index contributed by atoms with van der Waals surface area (Å²) < 4.78 is 0. The Balaban J connectivity index is 2.98. The smallest absolute Gasteiger partial charge is 0.171 e. The maximum atomic E-state index is 5.86. The summed E-state index contributed by atoms with van der Waals surface area (Å²) in [5, 5.41) is 1.32. The van der Waals surface area contributed by atoms with Gasteiger partial charge in [-0.1, -0.05) is 35.8 Å². The zero-order valence-electron chi connectivity index (χ0n) is 7.91. The first kappa shape index (κ1) is 12.3. The number of hydrogen-bond donors (Lipinski definition) is 1. The molecule has 0 saturated heterocycles. The number of rotatable bonds is 3. The Morgan fingerprint density at radius 1 is 1.53 bits per heavy atom. The van der Waals surface area contributed by atoms with Crippen LogP contribution in [0.5, 0.6) is 0 Å². The van der Waals surface area contributed by atoms with Crippen molar-refractivity contribution in [2.45, 2.75) is 0 Å². The van der Waals surface area contributed by atoms with Crippen LogP contribution in [0.25, 0.3) is 0 Å². The summed E-state index contributed by atoms with van der Waals surface area (Å²) in [7, 11) is 0. The van der Waals surface area contributed by atoms with Crippen LogP contribution >= 0.6 is 35.4 Å². The van der Waals surface area contributed by atoms with Crippen molar-refractivity contribution in [3.63, 3.8) is 0 Å². The van der Waals surface area contributed by atoms with Crippen LogP contribution in [0.1, 0.15) is 0 Å². The zero-order valence-corrected chi connectivity index (χ0v) is 10.2. The monoisotopic (exact) mass is 260 g/mol. The van der Waals surface area contributed by atoms with Gasteiger partial charge in [0.25, 0.3) is 0 Å². The van der Waals surface area contributed by atoms with Crippen LogP contribution in [0, 0.1) is 0 Å². The minimum absolute atomic E-state index is 0.235. The summed E-state index contributed by atoms with van der Waals surface area (Å²) >= 11 is 16.5. The zero-order chi connectivity index (χ0) is 11.4. The van der Waals surface area contributed by atoms with Gasteiger partial charge in [-0.3, -0.25) is 0 Å². The first-order chi connectivity index (χ1) is 7.00. The molecule has 1 aromatic rings. The highest BCUT2D eigenvalue weighted by atomic mass is 35.5. The van der Waals surface area contributed by atoms with Gasteiger partial charge < -0.3 is 10.6 Å². The van der Waals surface area contributed by atoms with E-state index in [9.17, 15) is 0 Å². The Hall–Kier alpha value is -0.770. The van der Waals surface area contributed by atoms with Gasteiger partial charge >= 0.3 is 0 Å². The molecule has 1 aromatic carbocycles. The number of anilines is 1. The maximum absolute atomic E-state index is 5.86. The molecule has 80 valence electrons. The fourth-order valence-corrected chi connectivity index (χ4v) is 1.59. The highest BCUT2D eigenvalue weighted by Gasteiger charge is 2.10. The molecular weight excluding hydrogens is 251 g/mol. The van der Waals surface area contributed by atoms with Crippen molar-refractivity contribution in [1.29, 1.82) is 0 Å². The second kappa shape index (κ2) is 5.35. The number of benzene rings is 1. The van der Waals surface area contributed by atoms with Crippen molar-refractivity contribution in [2.24, 2.45) is 5.73 Å². The van der Waals surface area contributed by atoms with Crippen LogP contribution in [0.3, 0.4) is 0 Å². The van der Waals surface area contributed by atoms with Gasteiger partial charge in [0.15, 0.2) is 5.11 Å². The third-order valence-electron chi connectivity index (χ3n) is 1.72. The van der Waals surface area contributed by atoms with Gasteiger partial charge in [-0.05, 0) is 30.4 Å². The quantitative estimate of drug-likeness (QED) is 0.847. The SMILES string of the molecule is C=C(Cl)CN(C(N)=S)c1cccc(Cl)c1. The molecule has 0 saturated carbocycles. The van der Waals surface area contributed by atoms with E-state index in [0.29, 0.717) is 16.6 Å². The average Bonchev–Trinajstić information content (AvgIpc) is 2.13. The first-order valence-electron chi connectivity index (χ1n) is 4.16. The van der Waals surface area contributed by atoms with Crippen molar-refractivity contribution in [2.75, 3.05) is 11.4 Å². The van der Waals surface area contributed by atoms with Gasteiger partial charge in [-0.25, -0.2) is 0 Å². The molecule has 5 heteroatoms. The molecule has 0 amide bonds. The molecule has 0 aliphatic rings. The van der Waals surface area contributed by atoms with Gasteiger partial charge in [0.2, 0.25) is 0 Å². The van der Waals surface area contributed by atoms with Gasteiger partial charge in [-0.15, -0.1) is 0 Å². The Labute approximate surface area is 104 Å². The predicted octanol–water partition coefficient (Wildman–Crippen LogP) is 3.14. The standard InChI is InChI=1S/C10H10Cl2N2S/c1-7(11)6-14(10(13)15)9-4-2-3-8(12)5-9/h2-5H,1,6H2,(H2,13,15). The summed E-state index contributed by atoms with van der Waals surface area (Å²) in [4.78, 5) is 1.66. The Morgan fingerprint density at radius 3 is 2.67 bits per heavy atom. The van der Waals surface area contributed by atoms with E-state index in [4.69, 9.17) is 41.2 Å². The lowest BCUT2D eigenvalue weighted by Crippen LogP contribution is -2.36. The van der Waals surface area contributed by atoms with E-state index >= 15 is 0 Å². The second-order valence-corrected chi connectivity index (χ2v) is 4.31. The van der Waals surface area contributed by atoms with E-state index in [1.54, 1.807) is 17.0 Å². The van der Waals surface area contributed by atoms with Crippen LogP contribution in [-0.4, -0.2) is 11.7 Å². The predicted molar refractivity (Wildman–Crippen MR) is 70.6 cm³/mol. The number of nitrogens with two attached hydrogens (primary N) is 1. The van der Waals surface area contributed by atoms with Crippen molar-refractivity contribution < 1.29 is 0 Å². The average molecular weight is 261 g/mol. The summed E-state index contributed by atoms with van der Waals surface area (Å²) in [5.74, 6) is 0. The maximum Gasteiger partial charge on any atom is 0.171 e. The molecule has 0 aromatic heterocycles. The van der Waals surface area contributed by atoms with Gasteiger partial charge in [0.05, 0.1) is 6.54 Å². The fraction of sp³-hybridized carbons (Fsp3) is 0.100. The number of halogens is 2. The molecule has 0 aliphatic heterocycles. The number of hydrogen-bond acceptors (Lipinski definition) is 1. The van der Waals surface area contributed by atoms with Gasteiger partial charge in [0, 0.05) is 15.7 Å². The summed E-state index contributed by atoms with van der Waals surface area (Å²) in [6, 6.07) is 7.21. The van der Waals surface area contributed by atoms with Gasteiger partial charge in [0.1, 0.15) is 0 Å². The van der Waals surface area contributed by atoms with Crippen molar-refractivity contribution >= 4 is 46.2 Å². The minimum Gasteiger partial charge on any atom is -0.376 e. The van der Waals surface area contributed by atoms with Crippen LogP contribution in [-0.2, 0) is 0 Å². The molecule has 0 fully saturated rings.